The standard InChI is InChI=1S/C13H7F2N3O2/c14-9-3-8(4-10(15)5-9)12-16-11-2-1-7(13(19)20)6-18(11)17-12/h1-6H,(H,19,20). The van der Waals surface area contributed by atoms with Crippen molar-refractivity contribution in [1.82, 2.24) is 14.6 Å². The molecule has 1 N–H and O–H groups in total. The number of carboxylic acid groups (broad SMARTS) is 1. The van der Waals surface area contributed by atoms with Crippen LogP contribution in [0.4, 0.5) is 8.78 Å². The molecule has 2 aromatic heterocycles. The lowest BCUT2D eigenvalue weighted by Gasteiger charge is -1.96. The van der Waals surface area contributed by atoms with Crippen LogP contribution in [0.25, 0.3) is 17.0 Å². The Kier molecular flexibility index (Phi) is 2.67. The summed E-state index contributed by atoms with van der Waals surface area (Å²) in [5.74, 6) is -2.44. The number of aromatic carboxylic acids is 1. The van der Waals surface area contributed by atoms with Crippen LogP contribution in [0.15, 0.2) is 36.5 Å². The first-order chi connectivity index (χ1) is 9.52. The number of aromatic nitrogens is 3. The van der Waals surface area contributed by atoms with Crippen molar-refractivity contribution < 1.29 is 18.7 Å². The predicted molar refractivity (Wildman–Crippen MR) is 65.3 cm³/mol. The Balaban J connectivity index is 2.15. The van der Waals surface area contributed by atoms with Crippen LogP contribution < -0.4 is 0 Å². The minimum absolute atomic E-state index is 0.0411. The Morgan fingerprint density at radius 3 is 2.50 bits per heavy atom. The zero-order chi connectivity index (χ0) is 14.3. The van der Waals surface area contributed by atoms with E-state index in [-0.39, 0.29) is 17.0 Å². The number of pyridine rings is 1. The fourth-order valence-corrected chi connectivity index (χ4v) is 1.81. The number of halogens is 2. The molecule has 20 heavy (non-hydrogen) atoms. The Labute approximate surface area is 111 Å². The molecule has 2 heterocycles. The fraction of sp³-hybridized carbons (Fsp3) is 0. The highest BCUT2D eigenvalue weighted by atomic mass is 19.1. The van der Waals surface area contributed by atoms with Gasteiger partial charge in [0.2, 0.25) is 0 Å². The molecule has 0 unspecified atom stereocenters. The molecule has 0 saturated heterocycles. The van der Waals surface area contributed by atoms with Crippen LogP contribution >= 0.6 is 0 Å². The summed E-state index contributed by atoms with van der Waals surface area (Å²) in [5.41, 5.74) is 0.608. The van der Waals surface area contributed by atoms with Gasteiger partial charge in [0, 0.05) is 17.8 Å². The molecule has 3 rings (SSSR count). The second kappa shape index (κ2) is 4.37. The lowest BCUT2D eigenvalue weighted by atomic mass is 10.2. The average molecular weight is 275 g/mol. The van der Waals surface area contributed by atoms with Gasteiger partial charge in [0.05, 0.1) is 5.56 Å². The van der Waals surface area contributed by atoms with E-state index in [4.69, 9.17) is 5.11 Å². The summed E-state index contributed by atoms with van der Waals surface area (Å²) < 4.78 is 27.6. The fourth-order valence-electron chi connectivity index (χ4n) is 1.81. The second-order valence-corrected chi connectivity index (χ2v) is 4.12. The van der Waals surface area contributed by atoms with Crippen molar-refractivity contribution in [1.29, 1.82) is 0 Å². The second-order valence-electron chi connectivity index (χ2n) is 4.12. The summed E-state index contributed by atoms with van der Waals surface area (Å²) in [5, 5.41) is 12.9. The summed E-state index contributed by atoms with van der Waals surface area (Å²) >= 11 is 0. The van der Waals surface area contributed by atoms with Crippen LogP contribution in [-0.2, 0) is 0 Å². The van der Waals surface area contributed by atoms with Gasteiger partial charge in [-0.15, -0.1) is 5.10 Å². The summed E-state index contributed by atoms with van der Waals surface area (Å²) in [6, 6.07) is 5.81. The minimum atomic E-state index is -1.10. The zero-order valence-corrected chi connectivity index (χ0v) is 9.92. The molecular formula is C13H7F2N3O2. The Morgan fingerprint density at radius 1 is 1.15 bits per heavy atom. The van der Waals surface area contributed by atoms with Gasteiger partial charge in [-0.3, -0.25) is 0 Å². The monoisotopic (exact) mass is 275 g/mol. The maximum absolute atomic E-state index is 13.2. The van der Waals surface area contributed by atoms with Gasteiger partial charge in [0.25, 0.3) is 0 Å². The van der Waals surface area contributed by atoms with Gasteiger partial charge >= 0.3 is 5.97 Å². The summed E-state index contributed by atoms with van der Waals surface area (Å²) in [4.78, 5) is 14.9. The van der Waals surface area contributed by atoms with Crippen molar-refractivity contribution in [2.45, 2.75) is 0 Å². The SMILES string of the molecule is O=C(O)c1ccc2nc(-c3cc(F)cc(F)c3)nn2c1. The van der Waals surface area contributed by atoms with E-state index in [0.29, 0.717) is 5.65 Å². The number of rotatable bonds is 2. The van der Waals surface area contributed by atoms with Crippen LogP contribution in [0.5, 0.6) is 0 Å². The number of carbonyl (C=O) groups is 1. The van der Waals surface area contributed by atoms with Gasteiger partial charge in [-0.25, -0.2) is 23.1 Å². The van der Waals surface area contributed by atoms with Gasteiger partial charge in [-0.2, -0.15) is 0 Å². The smallest absolute Gasteiger partial charge is 0.337 e. The summed E-state index contributed by atoms with van der Waals surface area (Å²) in [6.07, 6.45) is 1.28. The third kappa shape index (κ3) is 2.09. The maximum atomic E-state index is 13.2. The number of nitrogens with zero attached hydrogens (tertiary/aromatic N) is 3. The zero-order valence-electron chi connectivity index (χ0n) is 9.92. The summed E-state index contributed by atoms with van der Waals surface area (Å²) in [7, 11) is 0. The molecule has 5 nitrogen and oxygen atoms in total. The van der Waals surface area contributed by atoms with E-state index in [1.807, 2.05) is 0 Å². The van der Waals surface area contributed by atoms with Crippen molar-refractivity contribution in [2.24, 2.45) is 0 Å². The van der Waals surface area contributed by atoms with Gasteiger partial charge in [-0.05, 0) is 24.3 Å². The van der Waals surface area contributed by atoms with E-state index < -0.39 is 17.6 Å². The van der Waals surface area contributed by atoms with E-state index in [2.05, 4.69) is 10.1 Å². The molecule has 0 atom stereocenters. The van der Waals surface area contributed by atoms with Crippen molar-refractivity contribution in [2.75, 3.05) is 0 Å². The van der Waals surface area contributed by atoms with Crippen molar-refractivity contribution >= 4 is 11.6 Å². The van der Waals surface area contributed by atoms with Gasteiger partial charge in [0.15, 0.2) is 11.5 Å². The largest absolute Gasteiger partial charge is 0.478 e. The Hall–Kier alpha value is -2.83. The van der Waals surface area contributed by atoms with Gasteiger partial charge in [-0.1, -0.05) is 0 Å². The van der Waals surface area contributed by atoms with Crippen molar-refractivity contribution in [3.63, 3.8) is 0 Å². The van der Waals surface area contributed by atoms with E-state index in [1.54, 1.807) is 0 Å². The number of hydrogen-bond acceptors (Lipinski definition) is 3. The van der Waals surface area contributed by atoms with E-state index in [1.165, 1.54) is 22.8 Å². The molecule has 0 aliphatic heterocycles. The third-order valence-corrected chi connectivity index (χ3v) is 2.70. The molecule has 1 aromatic carbocycles. The first kappa shape index (κ1) is 12.2. The molecule has 0 fully saturated rings. The first-order valence-electron chi connectivity index (χ1n) is 5.59. The molecule has 0 saturated carbocycles. The number of hydrogen-bond donors (Lipinski definition) is 1. The lowest BCUT2D eigenvalue weighted by molar-refractivity contribution is 0.0696. The molecule has 0 bridgehead atoms. The molecule has 7 heteroatoms. The number of carboxylic acids is 1. The van der Waals surface area contributed by atoms with Crippen LogP contribution in [0, 0.1) is 11.6 Å². The average Bonchev–Trinajstić information content (AvgIpc) is 2.80. The summed E-state index contributed by atoms with van der Waals surface area (Å²) in [6.45, 7) is 0. The molecule has 0 radical (unpaired) electrons. The van der Waals surface area contributed by atoms with Crippen LogP contribution in [0.3, 0.4) is 0 Å². The Bertz CT molecular complexity index is 809. The third-order valence-electron chi connectivity index (χ3n) is 2.70. The molecule has 100 valence electrons. The van der Waals surface area contributed by atoms with Crippen molar-refractivity contribution in [3.8, 4) is 11.4 Å². The lowest BCUT2D eigenvalue weighted by Crippen LogP contribution is -1.99. The van der Waals surface area contributed by atoms with Crippen LogP contribution in [0.2, 0.25) is 0 Å². The van der Waals surface area contributed by atoms with E-state index in [9.17, 15) is 13.6 Å². The number of benzene rings is 1. The molecule has 0 aliphatic rings. The molecule has 0 aliphatic carbocycles. The maximum Gasteiger partial charge on any atom is 0.337 e. The van der Waals surface area contributed by atoms with Crippen LogP contribution in [0.1, 0.15) is 10.4 Å². The highest BCUT2D eigenvalue weighted by Gasteiger charge is 2.11. The molecule has 3 aromatic rings. The van der Waals surface area contributed by atoms with Crippen molar-refractivity contribution in [3.05, 3.63) is 53.7 Å². The highest BCUT2D eigenvalue weighted by Crippen LogP contribution is 2.19. The van der Waals surface area contributed by atoms with E-state index >= 15 is 0 Å². The van der Waals surface area contributed by atoms with Gasteiger partial charge in [0.1, 0.15) is 11.6 Å². The first-order valence-corrected chi connectivity index (χ1v) is 5.59. The topological polar surface area (TPSA) is 67.5 Å². The minimum Gasteiger partial charge on any atom is -0.478 e. The highest BCUT2D eigenvalue weighted by molar-refractivity contribution is 5.87. The van der Waals surface area contributed by atoms with Crippen LogP contribution in [-0.4, -0.2) is 25.7 Å². The molecule has 0 amide bonds. The Morgan fingerprint density at radius 2 is 1.85 bits per heavy atom. The molecule has 0 spiro atoms. The number of fused-ring (bicyclic) bond motifs is 1. The quantitative estimate of drug-likeness (QED) is 0.779. The molecular weight excluding hydrogens is 268 g/mol. The normalized spacial score (nSPS) is 10.9. The van der Waals surface area contributed by atoms with E-state index in [0.717, 1.165) is 18.2 Å². The predicted octanol–water partition coefficient (Wildman–Crippen LogP) is 2.37. The van der Waals surface area contributed by atoms with Gasteiger partial charge < -0.3 is 5.11 Å².